The van der Waals surface area contributed by atoms with Crippen LogP contribution in [0.3, 0.4) is 0 Å². The van der Waals surface area contributed by atoms with Gasteiger partial charge in [0.05, 0.1) is 6.61 Å². The van der Waals surface area contributed by atoms with Gasteiger partial charge in [-0.15, -0.1) is 0 Å². The second kappa shape index (κ2) is 7.14. The maximum Gasteiger partial charge on any atom is 0.221 e. The minimum absolute atomic E-state index is 0.0677. The van der Waals surface area contributed by atoms with Crippen molar-refractivity contribution in [3.05, 3.63) is 24.3 Å². The molecule has 0 heterocycles. The molecule has 4 nitrogen and oxygen atoms in total. The first-order valence-electron chi connectivity index (χ1n) is 6.62. The van der Waals surface area contributed by atoms with Crippen LogP contribution in [0.1, 0.15) is 34.1 Å². The molecule has 0 saturated carbocycles. The lowest BCUT2D eigenvalue weighted by Crippen LogP contribution is -2.36. The van der Waals surface area contributed by atoms with Gasteiger partial charge in [0.2, 0.25) is 5.91 Å². The number of ether oxygens (including phenoxy) is 1. The van der Waals surface area contributed by atoms with Gasteiger partial charge >= 0.3 is 0 Å². The molecule has 0 aliphatic rings. The molecule has 1 rings (SSSR count). The Morgan fingerprint density at radius 3 is 2.37 bits per heavy atom. The zero-order valence-electron chi connectivity index (χ0n) is 12.2. The van der Waals surface area contributed by atoms with E-state index in [9.17, 15) is 4.79 Å². The summed E-state index contributed by atoms with van der Waals surface area (Å²) < 4.78 is 5.63. The lowest BCUT2D eigenvalue weighted by Gasteiger charge is -2.20. The van der Waals surface area contributed by atoms with Crippen LogP contribution in [0.2, 0.25) is 0 Å². The number of rotatable bonds is 6. The standard InChI is InChI=1S/C15H24N2O2/c1-12(18)17-13-6-8-14(9-7-13)19-11-5-10-16-15(2,3)4/h6-9,16H,5,10-11H2,1-4H3,(H,17,18). The summed E-state index contributed by atoms with van der Waals surface area (Å²) in [5.41, 5.74) is 0.939. The summed E-state index contributed by atoms with van der Waals surface area (Å²) >= 11 is 0. The van der Waals surface area contributed by atoms with Crippen LogP contribution in [0.5, 0.6) is 5.75 Å². The lowest BCUT2D eigenvalue weighted by molar-refractivity contribution is -0.114. The molecule has 2 N–H and O–H groups in total. The number of carbonyl (C=O) groups is 1. The fourth-order valence-corrected chi connectivity index (χ4v) is 1.56. The van der Waals surface area contributed by atoms with E-state index in [-0.39, 0.29) is 11.4 Å². The van der Waals surface area contributed by atoms with E-state index in [2.05, 4.69) is 31.4 Å². The van der Waals surface area contributed by atoms with Crippen molar-refractivity contribution in [1.82, 2.24) is 5.32 Å². The highest BCUT2D eigenvalue weighted by molar-refractivity contribution is 5.88. The third-order valence-electron chi connectivity index (χ3n) is 2.42. The van der Waals surface area contributed by atoms with Gasteiger partial charge in [0, 0.05) is 18.2 Å². The maximum absolute atomic E-state index is 10.9. The normalized spacial score (nSPS) is 11.2. The third-order valence-corrected chi connectivity index (χ3v) is 2.42. The molecule has 0 saturated heterocycles. The minimum atomic E-state index is -0.0677. The number of amides is 1. The quantitative estimate of drug-likeness (QED) is 0.777. The fourth-order valence-electron chi connectivity index (χ4n) is 1.56. The Kier molecular flexibility index (Phi) is 5.83. The van der Waals surface area contributed by atoms with Gasteiger partial charge in [-0.05, 0) is 58.0 Å². The van der Waals surface area contributed by atoms with Crippen molar-refractivity contribution in [3.63, 3.8) is 0 Å². The minimum Gasteiger partial charge on any atom is -0.494 e. The number of benzene rings is 1. The Balaban J connectivity index is 2.25. The summed E-state index contributed by atoms with van der Waals surface area (Å²) in [7, 11) is 0. The van der Waals surface area contributed by atoms with Crippen molar-refractivity contribution in [1.29, 1.82) is 0 Å². The van der Waals surface area contributed by atoms with Crippen LogP contribution in [0.25, 0.3) is 0 Å². The average molecular weight is 264 g/mol. The molecule has 0 unspecified atom stereocenters. The molecule has 4 heteroatoms. The van der Waals surface area contributed by atoms with Gasteiger partial charge in [0.15, 0.2) is 0 Å². The highest BCUT2D eigenvalue weighted by Gasteiger charge is 2.07. The Labute approximate surface area is 115 Å². The van der Waals surface area contributed by atoms with Gasteiger partial charge < -0.3 is 15.4 Å². The van der Waals surface area contributed by atoms with Crippen LogP contribution < -0.4 is 15.4 Å². The number of hydrogen-bond acceptors (Lipinski definition) is 3. The predicted octanol–water partition coefficient (Wildman–Crippen LogP) is 2.80. The number of hydrogen-bond donors (Lipinski definition) is 2. The summed E-state index contributed by atoms with van der Waals surface area (Å²) in [4.78, 5) is 10.9. The van der Waals surface area contributed by atoms with E-state index in [1.807, 2.05) is 24.3 Å². The zero-order valence-corrected chi connectivity index (χ0v) is 12.2. The van der Waals surface area contributed by atoms with E-state index in [1.165, 1.54) is 6.92 Å². The molecule has 0 bridgehead atoms. The van der Waals surface area contributed by atoms with Crippen molar-refractivity contribution in [2.45, 2.75) is 39.7 Å². The van der Waals surface area contributed by atoms with Crippen LogP contribution in [-0.2, 0) is 4.79 Å². The van der Waals surface area contributed by atoms with E-state index in [4.69, 9.17) is 4.74 Å². The predicted molar refractivity (Wildman–Crippen MR) is 78.6 cm³/mol. The van der Waals surface area contributed by atoms with Crippen LogP contribution in [0, 0.1) is 0 Å². The molecule has 0 aliphatic carbocycles. The molecule has 0 aliphatic heterocycles. The van der Waals surface area contributed by atoms with E-state index in [0.717, 1.165) is 24.4 Å². The summed E-state index contributed by atoms with van der Waals surface area (Å²) in [5, 5.41) is 6.13. The van der Waals surface area contributed by atoms with Crippen molar-refractivity contribution in [2.24, 2.45) is 0 Å². The maximum atomic E-state index is 10.9. The van der Waals surface area contributed by atoms with Crippen LogP contribution in [-0.4, -0.2) is 24.6 Å². The molecule has 1 aromatic rings. The SMILES string of the molecule is CC(=O)Nc1ccc(OCCCNC(C)(C)C)cc1. The van der Waals surface area contributed by atoms with Gasteiger partial charge in [-0.1, -0.05) is 0 Å². The van der Waals surface area contributed by atoms with E-state index in [0.29, 0.717) is 6.61 Å². The first-order chi connectivity index (χ1) is 8.87. The zero-order chi connectivity index (χ0) is 14.3. The number of carbonyl (C=O) groups excluding carboxylic acids is 1. The summed E-state index contributed by atoms with van der Waals surface area (Å²) in [6.07, 6.45) is 0.963. The Morgan fingerprint density at radius 1 is 1.21 bits per heavy atom. The Morgan fingerprint density at radius 2 is 1.84 bits per heavy atom. The van der Waals surface area contributed by atoms with Crippen molar-refractivity contribution in [2.75, 3.05) is 18.5 Å². The summed E-state index contributed by atoms with van der Waals surface area (Å²) in [5.74, 6) is 0.756. The van der Waals surface area contributed by atoms with Gasteiger partial charge in [0.25, 0.3) is 0 Å². The first kappa shape index (κ1) is 15.5. The molecule has 0 radical (unpaired) electrons. The average Bonchev–Trinajstić information content (AvgIpc) is 2.28. The molecule has 0 fully saturated rings. The molecule has 1 aromatic carbocycles. The molecule has 19 heavy (non-hydrogen) atoms. The summed E-state index contributed by atoms with van der Waals surface area (Å²) in [6.45, 7) is 9.56. The Hall–Kier alpha value is -1.55. The van der Waals surface area contributed by atoms with E-state index in [1.54, 1.807) is 0 Å². The monoisotopic (exact) mass is 264 g/mol. The van der Waals surface area contributed by atoms with Crippen molar-refractivity contribution < 1.29 is 9.53 Å². The molecule has 106 valence electrons. The molecule has 0 aromatic heterocycles. The van der Waals surface area contributed by atoms with Gasteiger partial charge in [-0.25, -0.2) is 0 Å². The number of nitrogens with one attached hydrogen (secondary N) is 2. The van der Waals surface area contributed by atoms with Crippen LogP contribution in [0.4, 0.5) is 5.69 Å². The van der Waals surface area contributed by atoms with E-state index >= 15 is 0 Å². The fraction of sp³-hybridized carbons (Fsp3) is 0.533. The molecule has 0 atom stereocenters. The molecule has 0 spiro atoms. The highest BCUT2D eigenvalue weighted by atomic mass is 16.5. The van der Waals surface area contributed by atoms with Crippen molar-refractivity contribution >= 4 is 11.6 Å². The van der Waals surface area contributed by atoms with Crippen LogP contribution in [0.15, 0.2) is 24.3 Å². The summed E-state index contributed by atoms with van der Waals surface area (Å²) in [6, 6.07) is 7.40. The topological polar surface area (TPSA) is 50.4 Å². The molecule has 1 amide bonds. The van der Waals surface area contributed by atoms with Gasteiger partial charge in [-0.2, -0.15) is 0 Å². The first-order valence-corrected chi connectivity index (χ1v) is 6.62. The lowest BCUT2D eigenvalue weighted by atomic mass is 10.1. The number of anilines is 1. The Bertz CT molecular complexity index is 394. The second-order valence-electron chi connectivity index (χ2n) is 5.58. The highest BCUT2D eigenvalue weighted by Crippen LogP contribution is 2.15. The largest absolute Gasteiger partial charge is 0.494 e. The van der Waals surface area contributed by atoms with Crippen LogP contribution >= 0.6 is 0 Å². The smallest absolute Gasteiger partial charge is 0.221 e. The van der Waals surface area contributed by atoms with Gasteiger partial charge in [0.1, 0.15) is 5.75 Å². The van der Waals surface area contributed by atoms with Crippen molar-refractivity contribution in [3.8, 4) is 5.75 Å². The third kappa shape index (κ3) is 7.47. The van der Waals surface area contributed by atoms with E-state index < -0.39 is 0 Å². The molecular weight excluding hydrogens is 240 g/mol. The van der Waals surface area contributed by atoms with Gasteiger partial charge in [-0.3, -0.25) is 4.79 Å². The molecular formula is C15H24N2O2. The second-order valence-corrected chi connectivity index (χ2v) is 5.58.